The Morgan fingerprint density at radius 2 is 1.95 bits per heavy atom. The van der Waals surface area contributed by atoms with E-state index in [-0.39, 0.29) is 12.5 Å². The van der Waals surface area contributed by atoms with Gasteiger partial charge in [-0.1, -0.05) is 33.6 Å². The molecule has 2 nitrogen and oxygen atoms in total. The van der Waals surface area contributed by atoms with Crippen LogP contribution < -0.4 is 5.32 Å². The predicted molar refractivity (Wildman–Crippen MR) is 81.6 cm³/mol. The fourth-order valence-corrected chi connectivity index (χ4v) is 3.55. The third kappa shape index (κ3) is 5.13. The fraction of sp³-hybridized carbons (Fsp3) is 0.571. The van der Waals surface area contributed by atoms with Gasteiger partial charge in [-0.25, -0.2) is 0 Å². The van der Waals surface area contributed by atoms with E-state index in [9.17, 15) is 13.2 Å². The van der Waals surface area contributed by atoms with Crippen LogP contribution in [0.2, 0.25) is 5.02 Å². The lowest BCUT2D eigenvalue weighted by molar-refractivity contribution is -0.138. The molecular formula is C14H17BrClF3N2. The maximum Gasteiger partial charge on any atom is 0.389 e. The molecule has 118 valence electrons. The van der Waals surface area contributed by atoms with Crippen LogP contribution in [0, 0.1) is 0 Å². The lowest BCUT2D eigenvalue weighted by Crippen LogP contribution is -2.45. The Balaban J connectivity index is 2.21. The molecule has 0 bridgehead atoms. The maximum atomic E-state index is 12.6. The Kier molecular flexibility index (Phi) is 5.94. The molecule has 1 atom stereocenters. The minimum absolute atomic E-state index is 0.0593. The Hall–Kier alpha value is -0.300. The summed E-state index contributed by atoms with van der Waals surface area (Å²) in [6, 6.07) is 5.03. The van der Waals surface area contributed by atoms with Crippen LogP contribution in [0.5, 0.6) is 0 Å². The van der Waals surface area contributed by atoms with Gasteiger partial charge in [-0.15, -0.1) is 0 Å². The van der Waals surface area contributed by atoms with Crippen molar-refractivity contribution in [1.29, 1.82) is 0 Å². The van der Waals surface area contributed by atoms with Crippen LogP contribution in [-0.4, -0.2) is 37.3 Å². The lowest BCUT2D eigenvalue weighted by atomic mass is 9.99. The number of hydrogen-bond donors (Lipinski definition) is 1. The van der Waals surface area contributed by atoms with E-state index in [0.717, 1.165) is 36.2 Å². The SMILES string of the molecule is FC(F)(F)CC[C@@H](c1ccc(Cl)cc1Br)N1CCNCC1. The highest BCUT2D eigenvalue weighted by Gasteiger charge is 2.31. The van der Waals surface area contributed by atoms with Crippen LogP contribution in [-0.2, 0) is 0 Å². The summed E-state index contributed by atoms with van der Waals surface area (Å²) < 4.78 is 38.6. The molecule has 0 amide bonds. The summed E-state index contributed by atoms with van der Waals surface area (Å²) in [7, 11) is 0. The Morgan fingerprint density at radius 3 is 2.52 bits per heavy atom. The van der Waals surface area contributed by atoms with Crippen molar-refractivity contribution in [2.75, 3.05) is 26.2 Å². The standard InChI is InChI=1S/C14H17BrClF3N2/c15-12-9-10(16)1-2-11(12)13(3-4-14(17,18)19)21-7-5-20-6-8-21/h1-2,9,13,20H,3-8H2/t13-/m0/s1. The first-order valence-electron chi connectivity index (χ1n) is 6.83. The van der Waals surface area contributed by atoms with E-state index in [1.54, 1.807) is 12.1 Å². The Bertz CT molecular complexity index is 476. The zero-order chi connectivity index (χ0) is 15.5. The van der Waals surface area contributed by atoms with Gasteiger partial charge in [-0.2, -0.15) is 13.2 Å². The molecule has 0 unspecified atom stereocenters. The first-order chi connectivity index (χ1) is 9.87. The van der Waals surface area contributed by atoms with Crippen LogP contribution in [0.3, 0.4) is 0 Å². The number of nitrogens with one attached hydrogen (secondary N) is 1. The monoisotopic (exact) mass is 384 g/mol. The average molecular weight is 386 g/mol. The number of benzene rings is 1. The highest BCUT2D eigenvalue weighted by molar-refractivity contribution is 9.10. The van der Waals surface area contributed by atoms with Crippen LogP contribution in [0.15, 0.2) is 22.7 Å². The summed E-state index contributed by atoms with van der Waals surface area (Å²) in [5, 5.41) is 3.79. The number of nitrogens with zero attached hydrogens (tertiary/aromatic N) is 1. The van der Waals surface area contributed by atoms with E-state index in [1.165, 1.54) is 0 Å². The topological polar surface area (TPSA) is 15.3 Å². The largest absolute Gasteiger partial charge is 0.389 e. The van der Waals surface area contributed by atoms with Gasteiger partial charge in [0.2, 0.25) is 0 Å². The summed E-state index contributed by atoms with van der Waals surface area (Å²) in [6.45, 7) is 3.09. The molecule has 1 aromatic rings. The molecule has 1 saturated heterocycles. The van der Waals surface area contributed by atoms with E-state index in [2.05, 4.69) is 26.1 Å². The van der Waals surface area contributed by atoms with E-state index < -0.39 is 12.6 Å². The molecule has 1 heterocycles. The number of halogens is 5. The van der Waals surface area contributed by atoms with Crippen molar-refractivity contribution in [2.45, 2.75) is 25.1 Å². The molecule has 7 heteroatoms. The van der Waals surface area contributed by atoms with Gasteiger partial charge < -0.3 is 5.32 Å². The van der Waals surface area contributed by atoms with E-state index in [1.807, 2.05) is 6.07 Å². The van der Waals surface area contributed by atoms with Crippen LogP contribution >= 0.6 is 27.5 Å². The van der Waals surface area contributed by atoms with Gasteiger partial charge in [-0.3, -0.25) is 4.90 Å². The number of alkyl halides is 3. The Morgan fingerprint density at radius 1 is 1.29 bits per heavy atom. The highest BCUT2D eigenvalue weighted by atomic mass is 79.9. The van der Waals surface area contributed by atoms with Gasteiger partial charge >= 0.3 is 6.18 Å². The molecule has 1 fully saturated rings. The average Bonchev–Trinajstić information content (AvgIpc) is 2.41. The number of piperazine rings is 1. The summed E-state index contributed by atoms with van der Waals surface area (Å²) >= 11 is 9.35. The van der Waals surface area contributed by atoms with Crippen molar-refractivity contribution in [3.8, 4) is 0 Å². The van der Waals surface area contributed by atoms with Gasteiger partial charge in [-0.05, 0) is 24.1 Å². The van der Waals surface area contributed by atoms with Crippen molar-refractivity contribution >= 4 is 27.5 Å². The second-order valence-corrected chi connectivity index (χ2v) is 6.41. The summed E-state index contributed by atoms with van der Waals surface area (Å²) in [5.74, 6) is 0. The highest BCUT2D eigenvalue weighted by Crippen LogP contribution is 2.36. The quantitative estimate of drug-likeness (QED) is 0.827. The molecule has 1 aromatic carbocycles. The molecule has 1 aliphatic heterocycles. The lowest BCUT2D eigenvalue weighted by Gasteiger charge is -2.36. The van der Waals surface area contributed by atoms with Crippen molar-refractivity contribution in [3.05, 3.63) is 33.3 Å². The number of rotatable bonds is 4. The Labute approximate surface area is 135 Å². The van der Waals surface area contributed by atoms with E-state index in [4.69, 9.17) is 11.6 Å². The second kappa shape index (κ2) is 7.31. The summed E-state index contributed by atoms with van der Waals surface area (Å²) in [4.78, 5) is 2.11. The van der Waals surface area contributed by atoms with Gasteiger partial charge in [0.05, 0.1) is 0 Å². The van der Waals surface area contributed by atoms with Gasteiger partial charge in [0.25, 0.3) is 0 Å². The summed E-state index contributed by atoms with van der Waals surface area (Å²) in [5.41, 5.74) is 0.866. The van der Waals surface area contributed by atoms with Crippen LogP contribution in [0.1, 0.15) is 24.4 Å². The fourth-order valence-electron chi connectivity index (χ4n) is 2.60. The first kappa shape index (κ1) is 17.1. The van der Waals surface area contributed by atoms with Crippen molar-refractivity contribution < 1.29 is 13.2 Å². The zero-order valence-electron chi connectivity index (χ0n) is 11.4. The molecule has 0 aliphatic carbocycles. The van der Waals surface area contributed by atoms with E-state index in [0.29, 0.717) is 5.02 Å². The minimum Gasteiger partial charge on any atom is -0.314 e. The third-order valence-corrected chi connectivity index (χ3v) is 4.54. The molecule has 0 spiro atoms. The van der Waals surface area contributed by atoms with Crippen molar-refractivity contribution in [2.24, 2.45) is 0 Å². The molecule has 1 N–H and O–H groups in total. The van der Waals surface area contributed by atoms with Gasteiger partial charge in [0.1, 0.15) is 0 Å². The predicted octanol–water partition coefficient (Wildman–Crippen LogP) is 4.39. The van der Waals surface area contributed by atoms with E-state index >= 15 is 0 Å². The molecular weight excluding hydrogens is 369 g/mol. The van der Waals surface area contributed by atoms with Crippen molar-refractivity contribution in [3.63, 3.8) is 0 Å². The van der Waals surface area contributed by atoms with Gasteiger partial charge in [0, 0.05) is 48.1 Å². The molecule has 1 aliphatic rings. The van der Waals surface area contributed by atoms with Crippen LogP contribution in [0.25, 0.3) is 0 Å². The number of hydrogen-bond acceptors (Lipinski definition) is 2. The third-order valence-electron chi connectivity index (χ3n) is 3.62. The molecule has 2 rings (SSSR count). The van der Waals surface area contributed by atoms with Crippen LogP contribution in [0.4, 0.5) is 13.2 Å². The molecule has 21 heavy (non-hydrogen) atoms. The van der Waals surface area contributed by atoms with Gasteiger partial charge in [0.15, 0.2) is 0 Å². The molecule has 0 saturated carbocycles. The first-order valence-corrected chi connectivity index (χ1v) is 8.00. The zero-order valence-corrected chi connectivity index (χ0v) is 13.7. The minimum atomic E-state index is -4.13. The normalized spacial score (nSPS) is 18.7. The van der Waals surface area contributed by atoms with Crippen molar-refractivity contribution in [1.82, 2.24) is 10.2 Å². The maximum absolute atomic E-state index is 12.6. The molecule has 0 radical (unpaired) electrons. The molecule has 0 aromatic heterocycles. The summed E-state index contributed by atoms with van der Waals surface area (Å²) in [6.07, 6.45) is -4.86. The smallest absolute Gasteiger partial charge is 0.314 e. The second-order valence-electron chi connectivity index (χ2n) is 5.12.